The Morgan fingerprint density at radius 1 is 0.787 bits per heavy atom. The summed E-state index contributed by atoms with van der Waals surface area (Å²) in [6.45, 7) is 18.6. The molecule has 2 amide bonds. The summed E-state index contributed by atoms with van der Waals surface area (Å²) in [5, 5.41) is 23.9. The zero-order chi connectivity index (χ0) is 65.0. The van der Waals surface area contributed by atoms with E-state index in [0.29, 0.717) is 128 Å². The molecule has 1 saturated carbocycles. The molecule has 4 fully saturated rings. The van der Waals surface area contributed by atoms with Crippen molar-refractivity contribution < 1.29 is 76.9 Å². The van der Waals surface area contributed by atoms with Gasteiger partial charge in [-0.15, -0.1) is 0 Å². The van der Waals surface area contributed by atoms with Crippen molar-refractivity contribution in [1.29, 1.82) is 0 Å². The fourth-order valence-corrected chi connectivity index (χ4v) is 13.4. The maximum Gasteiger partial charge on any atom is 0.329 e. The van der Waals surface area contributed by atoms with E-state index < -0.39 is 90.2 Å². The molecular formula is C68H105N5O16. The van der Waals surface area contributed by atoms with Crippen LogP contribution < -0.4 is 4.90 Å². The molecule has 16 atom stereocenters. The van der Waals surface area contributed by atoms with E-state index in [9.17, 15) is 39.0 Å². The molecule has 1 aromatic rings. The number of nitrogens with zero attached hydrogens (tertiary/aromatic N) is 5. The number of Topliss-reactive ketones (excluding diaryl/α,β-unsaturated/α-hetero) is 2. The minimum atomic E-state index is -2.44. The number of amides is 2. The van der Waals surface area contributed by atoms with Gasteiger partial charge in [0.2, 0.25) is 17.6 Å². The van der Waals surface area contributed by atoms with Gasteiger partial charge in [0.15, 0.2) is 5.78 Å². The first-order valence-corrected chi connectivity index (χ1v) is 32.7. The number of carbonyl (C=O) groups is 6. The van der Waals surface area contributed by atoms with Crippen LogP contribution in [0.2, 0.25) is 0 Å². The number of ether oxygens (including phenoxy) is 8. The molecule has 2 bridgehead atoms. The van der Waals surface area contributed by atoms with Crippen molar-refractivity contribution in [2.24, 2.45) is 35.5 Å². The Hall–Kier alpha value is -5.26. The van der Waals surface area contributed by atoms with Gasteiger partial charge in [-0.05, 0) is 126 Å². The van der Waals surface area contributed by atoms with Crippen LogP contribution in [0, 0.1) is 35.5 Å². The van der Waals surface area contributed by atoms with Crippen LogP contribution in [0.25, 0.3) is 0 Å². The number of aryl methyl sites for hydroxylation is 1. The van der Waals surface area contributed by atoms with Crippen molar-refractivity contribution >= 4 is 41.3 Å². The third kappa shape index (κ3) is 20.4. The molecular weight excluding hydrogens is 1140 g/mol. The van der Waals surface area contributed by atoms with E-state index in [1.165, 1.54) is 12.0 Å². The molecule has 6 rings (SSSR count). The van der Waals surface area contributed by atoms with E-state index in [1.54, 1.807) is 47.6 Å². The summed E-state index contributed by atoms with van der Waals surface area (Å²) in [5.74, 6) is -6.90. The number of piperidine rings is 1. The fraction of sp³-hybridized carbons (Fsp3) is 0.735. The van der Waals surface area contributed by atoms with Crippen LogP contribution in [0.4, 0.5) is 5.95 Å². The second kappa shape index (κ2) is 35.5. The normalized spacial score (nSPS) is 34.5. The summed E-state index contributed by atoms with van der Waals surface area (Å²) in [5.41, 5.74) is 2.18. The molecule has 5 aliphatic rings. The molecule has 1 unspecified atom stereocenters. The van der Waals surface area contributed by atoms with Gasteiger partial charge >= 0.3 is 11.9 Å². The maximum absolute atomic E-state index is 14.9. The van der Waals surface area contributed by atoms with Crippen molar-refractivity contribution in [3.8, 4) is 0 Å². The minimum Gasteiger partial charge on any atom is -0.460 e. The zero-order valence-electron chi connectivity index (χ0n) is 55.2. The average Bonchev–Trinajstić information content (AvgIpc) is 2.29. The number of rotatable bonds is 16. The first-order valence-electron chi connectivity index (χ1n) is 32.7. The molecule has 0 radical (unpaired) electrons. The van der Waals surface area contributed by atoms with Crippen molar-refractivity contribution in [3.63, 3.8) is 0 Å². The monoisotopic (exact) mass is 1250 g/mol. The second-order valence-electron chi connectivity index (χ2n) is 25.7. The van der Waals surface area contributed by atoms with Gasteiger partial charge in [-0.1, -0.05) is 71.1 Å². The van der Waals surface area contributed by atoms with Gasteiger partial charge in [0, 0.05) is 117 Å². The van der Waals surface area contributed by atoms with Crippen LogP contribution in [-0.4, -0.2) is 200 Å². The lowest BCUT2D eigenvalue weighted by molar-refractivity contribution is -0.265. The van der Waals surface area contributed by atoms with Gasteiger partial charge in [0.25, 0.3) is 11.7 Å². The Morgan fingerprint density at radius 3 is 2.18 bits per heavy atom. The Balaban J connectivity index is 1.17. The molecule has 0 spiro atoms. The molecule has 21 heteroatoms. The number of piperazine rings is 1. The number of cyclic esters (lactones) is 1. The number of fused-ring (bicyclic) bond motifs is 3. The number of aliphatic hydroxyl groups is 2. The van der Waals surface area contributed by atoms with E-state index in [-0.39, 0.29) is 67.1 Å². The predicted molar refractivity (Wildman–Crippen MR) is 335 cm³/mol. The van der Waals surface area contributed by atoms with E-state index in [1.807, 2.05) is 87.8 Å². The molecule has 1 aromatic heterocycles. The van der Waals surface area contributed by atoms with Crippen molar-refractivity contribution in [2.45, 2.75) is 212 Å². The molecule has 498 valence electrons. The lowest BCUT2D eigenvalue weighted by Crippen LogP contribution is -2.61. The Bertz CT molecular complexity index is 2590. The van der Waals surface area contributed by atoms with Gasteiger partial charge in [0.1, 0.15) is 30.5 Å². The molecule has 0 aromatic carbocycles. The Morgan fingerprint density at radius 2 is 1.51 bits per heavy atom. The van der Waals surface area contributed by atoms with Gasteiger partial charge in [-0.3, -0.25) is 24.0 Å². The van der Waals surface area contributed by atoms with Crippen LogP contribution in [0.1, 0.15) is 151 Å². The van der Waals surface area contributed by atoms with Crippen LogP contribution in [-0.2, 0) is 73.1 Å². The highest BCUT2D eigenvalue weighted by molar-refractivity contribution is 6.39. The number of ketones is 2. The standard InChI is InChI=1S/C68H105N5O16/c1-13-86-34-28-59(74)71-30-32-72(33-31-71)67-69-41-51(42-70-67)24-27-60(75)87-54-26-23-50(38-58(54)84-11)37-46(5)57-40-56(83-10)45(4)36-48(7)62(77)63(85-12)61(76)47(6)35-43(2)19-15-14-16-20-44(3)55(82-9)39-52-25-22-49(8)68(81,89-52)64(78)65(79)73-29-18-17-21-53(73)66(80)88-57/h14-16,19-20,36,41-43,45-47,49-50,52-58,62-63,77,81H,13,17-18,21-35,37-40H2,1-12H3/b16-14+,19-15+,44-20+,48-36+/t43-,45-,46-,47?,49-,50+,52+,53+,54-,55+,56-,57+,58-,62-,63+,68-/m1/s1. The third-order valence-electron chi connectivity index (χ3n) is 19.1. The summed E-state index contributed by atoms with van der Waals surface area (Å²) >= 11 is 0. The summed E-state index contributed by atoms with van der Waals surface area (Å²) in [4.78, 5) is 98.2. The lowest BCUT2D eigenvalue weighted by Gasteiger charge is -2.43. The van der Waals surface area contributed by atoms with Crippen LogP contribution in [0.15, 0.2) is 60.0 Å². The Kier molecular flexibility index (Phi) is 29.1. The maximum atomic E-state index is 14.9. The molecule has 3 saturated heterocycles. The SMILES string of the molecule is CCOCCC(=O)N1CCN(c2ncc(CCC(=O)O[C@@H]3CC[C@@H](C[C@@H](C)[C@@H]4C[C@@H](OC)[C@H](C)/C=C(\C)[C@@H](O)[C@@H](OC)C(=O)C(C)C[C@H](C)/C=C/C=C/C=C(\C)[C@@H](OC)C[C@@H]5CC[C@@H](C)[C@@](O)(O5)C(=O)C(=O)N5CCCC[C@H]5C(=O)O4)C[C@H]3OC)cn2)CC1. The number of methoxy groups -OCH3 is 4. The molecule has 21 nitrogen and oxygen atoms in total. The number of anilines is 1. The minimum absolute atomic E-state index is 0.0195. The number of hydrogen-bond acceptors (Lipinski definition) is 19. The molecule has 5 heterocycles. The predicted octanol–water partition coefficient (Wildman–Crippen LogP) is 7.68. The van der Waals surface area contributed by atoms with Crippen LogP contribution in [0.3, 0.4) is 0 Å². The number of aliphatic hydroxyl groups excluding tert-OH is 1. The Labute approximate surface area is 528 Å². The third-order valence-corrected chi connectivity index (χ3v) is 19.1. The fourth-order valence-electron chi connectivity index (χ4n) is 13.4. The van der Waals surface area contributed by atoms with Gasteiger partial charge in [0.05, 0.1) is 37.4 Å². The number of aromatic nitrogens is 2. The first-order chi connectivity index (χ1) is 42.5. The number of hydrogen-bond donors (Lipinski definition) is 2. The number of allylic oxidation sites excluding steroid dienone is 5. The highest BCUT2D eigenvalue weighted by Crippen LogP contribution is 2.39. The summed E-state index contributed by atoms with van der Waals surface area (Å²) < 4.78 is 48.0. The van der Waals surface area contributed by atoms with Crippen molar-refractivity contribution in [3.05, 3.63) is 65.6 Å². The van der Waals surface area contributed by atoms with Crippen molar-refractivity contribution in [2.75, 3.05) is 79.3 Å². The summed E-state index contributed by atoms with van der Waals surface area (Å²) in [6.07, 6.45) is 15.9. The topological polar surface area (TPSA) is 252 Å². The summed E-state index contributed by atoms with van der Waals surface area (Å²) in [7, 11) is 6.19. The van der Waals surface area contributed by atoms with Gasteiger partial charge < -0.3 is 62.8 Å². The number of carbonyl (C=O) groups excluding carboxylic acids is 6. The first kappa shape index (κ1) is 72.8. The average molecular weight is 1250 g/mol. The van der Waals surface area contributed by atoms with Crippen LogP contribution in [0.5, 0.6) is 0 Å². The van der Waals surface area contributed by atoms with E-state index in [0.717, 1.165) is 11.1 Å². The molecule has 4 aliphatic heterocycles. The quantitative estimate of drug-likeness (QED) is 0.0697. The van der Waals surface area contributed by atoms with Gasteiger partial charge in [-0.2, -0.15) is 0 Å². The zero-order valence-corrected chi connectivity index (χ0v) is 55.2. The molecule has 2 N–H and O–H groups in total. The second-order valence-corrected chi connectivity index (χ2v) is 25.7. The van der Waals surface area contributed by atoms with E-state index in [4.69, 9.17) is 37.9 Å². The number of esters is 2. The molecule has 89 heavy (non-hydrogen) atoms. The summed E-state index contributed by atoms with van der Waals surface area (Å²) in [6, 6.07) is -1.13. The molecule has 1 aliphatic carbocycles. The van der Waals surface area contributed by atoms with Crippen LogP contribution >= 0.6 is 0 Å². The van der Waals surface area contributed by atoms with E-state index in [2.05, 4.69) is 9.97 Å². The largest absolute Gasteiger partial charge is 0.460 e. The lowest BCUT2D eigenvalue weighted by atomic mass is 9.78. The van der Waals surface area contributed by atoms with E-state index >= 15 is 0 Å². The van der Waals surface area contributed by atoms with Gasteiger partial charge in [-0.25, -0.2) is 14.8 Å². The smallest absolute Gasteiger partial charge is 0.329 e. The highest BCUT2D eigenvalue weighted by atomic mass is 16.6. The highest BCUT2D eigenvalue weighted by Gasteiger charge is 2.53. The van der Waals surface area contributed by atoms with Crippen molar-refractivity contribution in [1.82, 2.24) is 19.8 Å².